The zero-order valence-electron chi connectivity index (χ0n) is 11.9. The Hall–Kier alpha value is -2.06. The van der Waals surface area contributed by atoms with Crippen LogP contribution in [0.5, 0.6) is 5.75 Å². The van der Waals surface area contributed by atoms with E-state index in [2.05, 4.69) is 88.7 Å². The molecule has 0 saturated carbocycles. The zero-order chi connectivity index (χ0) is 14.9. The van der Waals surface area contributed by atoms with Crippen molar-refractivity contribution in [1.82, 2.24) is 0 Å². The van der Waals surface area contributed by atoms with Crippen LogP contribution in [0.2, 0.25) is 0 Å². The Kier molecular flexibility index (Phi) is 3.47. The van der Waals surface area contributed by atoms with Crippen molar-refractivity contribution in [2.24, 2.45) is 0 Å². The van der Waals surface area contributed by atoms with Crippen LogP contribution in [0, 0.1) is 0 Å². The van der Waals surface area contributed by atoms with Crippen LogP contribution in [0.1, 0.15) is 28.7 Å². The first-order valence-corrected chi connectivity index (χ1v) is 8.18. The molecule has 3 aromatic carbocycles. The molecule has 0 N–H and O–H groups in total. The molecule has 1 aliphatic heterocycles. The second-order valence-corrected chi connectivity index (χ2v) is 6.44. The summed E-state index contributed by atoms with van der Waals surface area (Å²) in [4.78, 5) is 0. The molecule has 0 bridgehead atoms. The van der Waals surface area contributed by atoms with Gasteiger partial charge in [0.15, 0.2) is 0 Å². The molecule has 4 rings (SSSR count). The van der Waals surface area contributed by atoms with Crippen LogP contribution in [-0.4, -0.2) is 0 Å². The molecule has 0 fully saturated rings. The van der Waals surface area contributed by atoms with Gasteiger partial charge in [-0.25, -0.2) is 0 Å². The lowest BCUT2D eigenvalue weighted by molar-refractivity contribution is 0.222. The van der Waals surface area contributed by atoms with Crippen molar-refractivity contribution in [1.29, 1.82) is 0 Å². The van der Waals surface area contributed by atoms with Gasteiger partial charge in [0.05, 0.1) is 5.92 Å². The minimum Gasteiger partial charge on any atom is -0.484 e. The quantitative estimate of drug-likeness (QED) is 0.574. The Morgan fingerprint density at radius 1 is 0.727 bits per heavy atom. The lowest BCUT2D eigenvalue weighted by Crippen LogP contribution is -2.11. The lowest BCUT2D eigenvalue weighted by atomic mass is 9.85. The Bertz CT molecular complexity index is 783. The van der Waals surface area contributed by atoms with Crippen molar-refractivity contribution >= 4 is 15.9 Å². The van der Waals surface area contributed by atoms with Crippen LogP contribution in [0.4, 0.5) is 0 Å². The molecule has 108 valence electrons. The van der Waals surface area contributed by atoms with Gasteiger partial charge in [-0.3, -0.25) is 0 Å². The summed E-state index contributed by atoms with van der Waals surface area (Å²) >= 11 is 3.54. The molecule has 2 unspecified atom stereocenters. The molecule has 0 aliphatic carbocycles. The number of halogens is 1. The lowest BCUT2D eigenvalue weighted by Gasteiger charge is -2.20. The van der Waals surface area contributed by atoms with Crippen LogP contribution < -0.4 is 4.74 Å². The number of benzene rings is 3. The van der Waals surface area contributed by atoms with Gasteiger partial charge in [0.2, 0.25) is 0 Å². The predicted octanol–water partition coefficient (Wildman–Crippen LogP) is 5.71. The molecule has 0 amide bonds. The molecule has 0 spiro atoms. The van der Waals surface area contributed by atoms with Gasteiger partial charge >= 0.3 is 0 Å². The van der Waals surface area contributed by atoms with E-state index < -0.39 is 0 Å². The van der Waals surface area contributed by atoms with Gasteiger partial charge in [0, 0.05) is 10.0 Å². The third-order valence-electron chi connectivity index (χ3n) is 4.15. The average molecular weight is 351 g/mol. The highest BCUT2D eigenvalue weighted by Crippen LogP contribution is 2.49. The summed E-state index contributed by atoms with van der Waals surface area (Å²) in [6.45, 7) is 0. The van der Waals surface area contributed by atoms with Gasteiger partial charge in [-0.1, -0.05) is 82.7 Å². The summed E-state index contributed by atoms with van der Waals surface area (Å²) in [6.07, 6.45) is 0.0212. The van der Waals surface area contributed by atoms with Crippen LogP contribution >= 0.6 is 15.9 Å². The van der Waals surface area contributed by atoms with Crippen molar-refractivity contribution in [2.75, 3.05) is 0 Å². The van der Waals surface area contributed by atoms with E-state index in [0.717, 1.165) is 10.2 Å². The first-order valence-electron chi connectivity index (χ1n) is 7.39. The maximum absolute atomic E-state index is 6.31. The monoisotopic (exact) mass is 350 g/mol. The van der Waals surface area contributed by atoms with E-state index >= 15 is 0 Å². The highest BCUT2D eigenvalue weighted by molar-refractivity contribution is 9.10. The van der Waals surface area contributed by atoms with Gasteiger partial charge in [-0.05, 0) is 23.3 Å². The second-order valence-electron chi connectivity index (χ2n) is 5.52. The van der Waals surface area contributed by atoms with Crippen LogP contribution in [0.3, 0.4) is 0 Å². The summed E-state index contributed by atoms with van der Waals surface area (Å²) in [6, 6.07) is 27.4. The third-order valence-corrected chi connectivity index (χ3v) is 4.65. The topological polar surface area (TPSA) is 9.23 Å². The highest BCUT2D eigenvalue weighted by atomic mass is 79.9. The van der Waals surface area contributed by atoms with Gasteiger partial charge in [-0.15, -0.1) is 0 Å². The van der Waals surface area contributed by atoms with Gasteiger partial charge in [0.25, 0.3) is 0 Å². The summed E-state index contributed by atoms with van der Waals surface area (Å²) in [7, 11) is 0. The fraction of sp³-hybridized carbons (Fsp3) is 0.100. The number of hydrogen-bond acceptors (Lipinski definition) is 1. The summed E-state index contributed by atoms with van der Waals surface area (Å²) in [5, 5.41) is 0. The molecular weight excluding hydrogens is 336 g/mol. The molecule has 1 heterocycles. The Morgan fingerprint density at radius 3 is 2.05 bits per heavy atom. The molecule has 1 aliphatic rings. The Balaban J connectivity index is 1.86. The molecule has 0 aromatic heterocycles. The molecular formula is C20H15BrO. The minimum absolute atomic E-state index is 0.0212. The molecule has 1 nitrogen and oxygen atoms in total. The van der Waals surface area contributed by atoms with Crippen molar-refractivity contribution in [3.63, 3.8) is 0 Å². The molecule has 0 radical (unpaired) electrons. The van der Waals surface area contributed by atoms with Crippen molar-refractivity contribution in [3.8, 4) is 5.75 Å². The van der Waals surface area contributed by atoms with E-state index in [4.69, 9.17) is 4.74 Å². The zero-order valence-corrected chi connectivity index (χ0v) is 13.5. The largest absolute Gasteiger partial charge is 0.484 e. The second kappa shape index (κ2) is 5.62. The summed E-state index contributed by atoms with van der Waals surface area (Å²) in [5.74, 6) is 1.20. The number of fused-ring (bicyclic) bond motifs is 1. The minimum atomic E-state index is 0.0212. The van der Waals surface area contributed by atoms with Crippen molar-refractivity contribution in [2.45, 2.75) is 12.0 Å². The summed E-state index contributed by atoms with van der Waals surface area (Å²) < 4.78 is 7.36. The fourth-order valence-corrected chi connectivity index (χ4v) is 3.49. The Labute approximate surface area is 138 Å². The summed E-state index contributed by atoms with van der Waals surface area (Å²) in [5.41, 5.74) is 3.75. The number of hydrogen-bond donors (Lipinski definition) is 0. The fourth-order valence-electron chi connectivity index (χ4n) is 3.15. The smallest absolute Gasteiger partial charge is 0.135 e. The highest BCUT2D eigenvalue weighted by Gasteiger charge is 2.36. The average Bonchev–Trinajstić information content (AvgIpc) is 2.95. The third kappa shape index (κ3) is 2.34. The first-order chi connectivity index (χ1) is 10.8. The van der Waals surface area contributed by atoms with Crippen molar-refractivity contribution in [3.05, 3.63) is 100 Å². The van der Waals surface area contributed by atoms with E-state index in [9.17, 15) is 0 Å². The molecule has 2 heteroatoms. The first kappa shape index (κ1) is 13.6. The van der Waals surface area contributed by atoms with Crippen molar-refractivity contribution < 1.29 is 4.74 Å². The Morgan fingerprint density at radius 2 is 1.36 bits per heavy atom. The normalized spacial score (nSPS) is 19.5. The molecule has 3 aromatic rings. The maximum Gasteiger partial charge on any atom is 0.135 e. The van der Waals surface area contributed by atoms with E-state index in [1.807, 2.05) is 6.07 Å². The number of rotatable bonds is 2. The van der Waals surface area contributed by atoms with E-state index in [1.54, 1.807) is 0 Å². The standard InChI is InChI=1S/C20H15BrO/c21-16-11-12-17-18(13-16)22-20(15-9-5-2-6-10-15)19(17)14-7-3-1-4-8-14/h1-13,19-20H. The predicted molar refractivity (Wildman–Crippen MR) is 92.2 cm³/mol. The van der Waals surface area contributed by atoms with Gasteiger partial charge in [0.1, 0.15) is 11.9 Å². The van der Waals surface area contributed by atoms with Crippen LogP contribution in [-0.2, 0) is 0 Å². The van der Waals surface area contributed by atoms with E-state index in [0.29, 0.717) is 0 Å². The molecule has 0 saturated heterocycles. The van der Waals surface area contributed by atoms with E-state index in [1.165, 1.54) is 16.7 Å². The van der Waals surface area contributed by atoms with E-state index in [-0.39, 0.29) is 12.0 Å². The molecule has 22 heavy (non-hydrogen) atoms. The SMILES string of the molecule is Brc1ccc2c(c1)OC(c1ccccc1)C2c1ccccc1. The van der Waals surface area contributed by atoms with Crippen LogP contribution in [0.25, 0.3) is 0 Å². The van der Waals surface area contributed by atoms with Gasteiger partial charge < -0.3 is 4.74 Å². The number of ether oxygens (including phenoxy) is 1. The van der Waals surface area contributed by atoms with Crippen LogP contribution in [0.15, 0.2) is 83.3 Å². The molecule has 2 atom stereocenters. The van der Waals surface area contributed by atoms with Gasteiger partial charge in [-0.2, -0.15) is 0 Å². The maximum atomic E-state index is 6.31.